The number of phenols is 2. The van der Waals surface area contributed by atoms with Gasteiger partial charge in [0.2, 0.25) is 0 Å². The summed E-state index contributed by atoms with van der Waals surface area (Å²) in [4.78, 5) is 20.5. The van der Waals surface area contributed by atoms with E-state index >= 15 is 0 Å². The van der Waals surface area contributed by atoms with Crippen LogP contribution in [0.5, 0.6) is 11.5 Å². The van der Waals surface area contributed by atoms with E-state index in [1.165, 1.54) is 36.4 Å². The van der Waals surface area contributed by atoms with Crippen LogP contribution in [-0.2, 0) is 0 Å². The lowest BCUT2D eigenvalue weighted by molar-refractivity contribution is -0.386. The van der Waals surface area contributed by atoms with Crippen LogP contribution in [0, 0.1) is 20.2 Å². The summed E-state index contributed by atoms with van der Waals surface area (Å²) in [6, 6.07) is 8.03. The topological polar surface area (TPSA) is 127 Å². The molecule has 0 heterocycles. The van der Waals surface area contributed by atoms with Crippen molar-refractivity contribution in [3.63, 3.8) is 0 Å². The first-order chi connectivity index (χ1) is 10.8. The van der Waals surface area contributed by atoms with Crippen LogP contribution in [0.25, 0.3) is 0 Å². The van der Waals surface area contributed by atoms with E-state index in [1.54, 1.807) is 0 Å². The van der Waals surface area contributed by atoms with Gasteiger partial charge in [0.1, 0.15) is 0 Å². The van der Waals surface area contributed by atoms with Gasteiger partial charge in [-0.05, 0) is 29.7 Å². The minimum Gasteiger partial charge on any atom is -0.502 e. The average molecular weight is 318 g/mol. The van der Waals surface area contributed by atoms with Crippen molar-refractivity contribution in [2.45, 2.75) is 19.3 Å². The first-order valence-corrected chi connectivity index (χ1v) is 6.79. The molecule has 0 amide bonds. The molecule has 0 aliphatic carbocycles. The van der Waals surface area contributed by atoms with Crippen molar-refractivity contribution >= 4 is 11.4 Å². The Bertz CT molecular complexity index is 711. The minimum atomic E-state index is -0.690. The largest absolute Gasteiger partial charge is 0.502 e. The second kappa shape index (κ2) is 6.30. The molecule has 2 aromatic carbocycles. The lowest BCUT2D eigenvalue weighted by atomic mass is 9.88. The third-order valence-corrected chi connectivity index (χ3v) is 3.61. The van der Waals surface area contributed by atoms with E-state index in [4.69, 9.17) is 0 Å². The molecule has 0 radical (unpaired) electrons. The molecule has 0 spiro atoms. The predicted molar refractivity (Wildman–Crippen MR) is 81.7 cm³/mol. The molecule has 120 valence electrons. The molecule has 2 rings (SSSR count). The van der Waals surface area contributed by atoms with Crippen LogP contribution in [0.4, 0.5) is 11.4 Å². The summed E-state index contributed by atoms with van der Waals surface area (Å²) in [5, 5.41) is 40.9. The molecule has 0 saturated heterocycles. The van der Waals surface area contributed by atoms with Crippen molar-refractivity contribution in [2.75, 3.05) is 0 Å². The second-order valence-electron chi connectivity index (χ2n) is 4.97. The lowest BCUT2D eigenvalue weighted by Gasteiger charge is -2.16. The monoisotopic (exact) mass is 318 g/mol. The number of hydrogen-bond acceptors (Lipinski definition) is 6. The highest BCUT2D eigenvalue weighted by Crippen LogP contribution is 2.37. The highest BCUT2D eigenvalue weighted by molar-refractivity contribution is 5.53. The second-order valence-corrected chi connectivity index (χ2v) is 4.97. The Balaban J connectivity index is 2.52. The Hall–Kier alpha value is -3.16. The molecule has 8 heteroatoms. The average Bonchev–Trinajstić information content (AvgIpc) is 2.50. The summed E-state index contributed by atoms with van der Waals surface area (Å²) in [5.74, 6) is -1.22. The smallest absolute Gasteiger partial charge is 0.310 e. The first-order valence-electron chi connectivity index (χ1n) is 6.79. The van der Waals surface area contributed by atoms with E-state index in [9.17, 15) is 30.4 Å². The van der Waals surface area contributed by atoms with E-state index in [-0.39, 0.29) is 5.92 Å². The van der Waals surface area contributed by atoms with Gasteiger partial charge in [-0.25, -0.2) is 0 Å². The van der Waals surface area contributed by atoms with Gasteiger partial charge in [0.15, 0.2) is 11.5 Å². The van der Waals surface area contributed by atoms with Crippen molar-refractivity contribution < 1.29 is 20.1 Å². The third-order valence-electron chi connectivity index (χ3n) is 3.61. The Kier molecular flexibility index (Phi) is 4.44. The van der Waals surface area contributed by atoms with Crippen LogP contribution in [0.3, 0.4) is 0 Å². The van der Waals surface area contributed by atoms with Crippen molar-refractivity contribution in [2.24, 2.45) is 0 Å². The number of nitrogens with zero attached hydrogens (tertiary/aromatic N) is 2. The molecule has 0 unspecified atom stereocenters. The van der Waals surface area contributed by atoms with E-state index in [0.717, 1.165) is 0 Å². The summed E-state index contributed by atoms with van der Waals surface area (Å²) in [6.07, 6.45) is 0.532. The normalized spacial score (nSPS) is 10.7. The van der Waals surface area contributed by atoms with Gasteiger partial charge in [0, 0.05) is 18.1 Å². The van der Waals surface area contributed by atoms with E-state index in [0.29, 0.717) is 17.5 Å². The Labute approximate surface area is 130 Å². The Morgan fingerprint density at radius 1 is 0.913 bits per heavy atom. The molecule has 0 saturated carbocycles. The fourth-order valence-corrected chi connectivity index (χ4v) is 2.47. The molecule has 2 aromatic rings. The number of rotatable bonds is 5. The third kappa shape index (κ3) is 3.20. The van der Waals surface area contributed by atoms with Crippen LogP contribution >= 0.6 is 0 Å². The molecule has 0 atom stereocenters. The van der Waals surface area contributed by atoms with Gasteiger partial charge in [-0.15, -0.1) is 0 Å². The highest BCUT2D eigenvalue weighted by atomic mass is 16.6. The number of nitro benzene ring substituents is 2. The van der Waals surface area contributed by atoms with Crippen LogP contribution < -0.4 is 0 Å². The summed E-state index contributed by atoms with van der Waals surface area (Å²) >= 11 is 0. The minimum absolute atomic E-state index is 0.339. The lowest BCUT2D eigenvalue weighted by Crippen LogP contribution is -2.02. The van der Waals surface area contributed by atoms with Gasteiger partial charge in [-0.2, -0.15) is 0 Å². The van der Waals surface area contributed by atoms with E-state index < -0.39 is 32.7 Å². The fraction of sp³-hybridized carbons (Fsp3) is 0.200. The van der Waals surface area contributed by atoms with Crippen LogP contribution in [0.1, 0.15) is 30.4 Å². The SMILES string of the molecule is CCC(c1ccc(O)c([N+](=O)[O-])c1)c1ccc(O)c([N+](=O)[O-])c1. The zero-order valence-corrected chi connectivity index (χ0v) is 12.2. The van der Waals surface area contributed by atoms with Gasteiger partial charge < -0.3 is 10.2 Å². The maximum atomic E-state index is 10.9. The predicted octanol–water partition coefficient (Wildman–Crippen LogP) is 3.46. The van der Waals surface area contributed by atoms with Crippen LogP contribution in [0.2, 0.25) is 0 Å². The number of phenolic OH excluding ortho intramolecular Hbond substituents is 2. The number of nitro groups is 2. The quantitative estimate of drug-likeness (QED) is 0.642. The van der Waals surface area contributed by atoms with Crippen LogP contribution in [-0.4, -0.2) is 20.1 Å². The molecular weight excluding hydrogens is 304 g/mol. The number of benzene rings is 2. The zero-order valence-electron chi connectivity index (χ0n) is 12.2. The molecule has 0 bridgehead atoms. The molecule has 0 aliphatic heterocycles. The van der Waals surface area contributed by atoms with E-state index in [1.807, 2.05) is 6.92 Å². The van der Waals surface area contributed by atoms with Gasteiger partial charge in [0.05, 0.1) is 9.85 Å². The summed E-state index contributed by atoms with van der Waals surface area (Å²) in [6.45, 7) is 1.84. The molecule has 0 fully saturated rings. The van der Waals surface area contributed by atoms with Gasteiger partial charge in [0.25, 0.3) is 0 Å². The summed E-state index contributed by atoms with van der Waals surface area (Å²) in [5.41, 5.74) is 0.262. The van der Waals surface area contributed by atoms with E-state index in [2.05, 4.69) is 0 Å². The van der Waals surface area contributed by atoms with Crippen molar-refractivity contribution in [3.8, 4) is 11.5 Å². The summed E-state index contributed by atoms with van der Waals surface area (Å²) < 4.78 is 0. The molecule has 2 N–H and O–H groups in total. The molecule has 0 aromatic heterocycles. The van der Waals surface area contributed by atoms with Crippen molar-refractivity contribution in [1.82, 2.24) is 0 Å². The molecule has 8 nitrogen and oxygen atoms in total. The fourth-order valence-electron chi connectivity index (χ4n) is 2.47. The number of aromatic hydroxyl groups is 2. The summed E-state index contributed by atoms with van der Waals surface area (Å²) in [7, 11) is 0. The maximum Gasteiger partial charge on any atom is 0.310 e. The maximum absolute atomic E-state index is 10.9. The zero-order chi connectivity index (χ0) is 17.1. The Morgan fingerprint density at radius 3 is 1.61 bits per heavy atom. The Morgan fingerprint density at radius 2 is 1.30 bits per heavy atom. The van der Waals surface area contributed by atoms with Gasteiger partial charge in [-0.1, -0.05) is 19.1 Å². The molecule has 0 aliphatic rings. The van der Waals surface area contributed by atoms with Crippen molar-refractivity contribution in [1.29, 1.82) is 0 Å². The highest BCUT2D eigenvalue weighted by Gasteiger charge is 2.22. The number of hydrogen-bond donors (Lipinski definition) is 2. The standard InChI is InChI=1S/C15H14N2O6/c1-2-11(9-3-5-14(18)12(7-9)16(20)21)10-4-6-15(19)13(8-10)17(22)23/h3-8,11,18-19H,2H2,1H3. The van der Waals surface area contributed by atoms with Gasteiger partial charge >= 0.3 is 11.4 Å². The van der Waals surface area contributed by atoms with Crippen molar-refractivity contribution in [3.05, 3.63) is 67.8 Å². The molecule has 23 heavy (non-hydrogen) atoms. The van der Waals surface area contributed by atoms with Crippen LogP contribution in [0.15, 0.2) is 36.4 Å². The molecular formula is C15H14N2O6. The van der Waals surface area contributed by atoms with Gasteiger partial charge in [-0.3, -0.25) is 20.2 Å². The first kappa shape index (κ1) is 16.2.